The Morgan fingerprint density at radius 2 is 1.63 bits per heavy atom. The molecule has 0 fully saturated rings. The third-order valence-corrected chi connectivity index (χ3v) is 4.77. The second-order valence-electron chi connectivity index (χ2n) is 6.50. The van der Waals surface area contributed by atoms with E-state index in [1.807, 2.05) is 30.5 Å². The van der Waals surface area contributed by atoms with Crippen molar-refractivity contribution in [3.8, 4) is 0 Å². The Labute approximate surface area is 177 Å². The number of nitrogens with zero attached hydrogens (tertiary/aromatic N) is 1. The summed E-state index contributed by atoms with van der Waals surface area (Å²) < 4.78 is 0. The molecule has 4 aromatic rings. The summed E-state index contributed by atoms with van der Waals surface area (Å²) in [4.78, 5) is 28.2. The fourth-order valence-corrected chi connectivity index (χ4v) is 3.13. The minimum absolute atomic E-state index is 0.302. The summed E-state index contributed by atoms with van der Waals surface area (Å²) in [6, 6.07) is 21.0. The highest BCUT2D eigenvalue weighted by Gasteiger charge is 2.13. The summed E-state index contributed by atoms with van der Waals surface area (Å²) in [5.41, 5.74) is 5.48. The molecule has 4 rings (SSSR count). The number of rotatable bonds is 5. The lowest BCUT2D eigenvalue weighted by Crippen LogP contribution is -2.21. The normalized spacial score (nSPS) is 11.0. The van der Waals surface area contributed by atoms with Gasteiger partial charge in [0.25, 0.3) is 11.8 Å². The van der Waals surface area contributed by atoms with Crippen molar-refractivity contribution in [2.45, 2.75) is 0 Å². The standard InChI is InChI=1S/C23H17ClN4O2/c24-17-11-9-15(10-12-17)22(29)27-21-8-4-2-6-19(21)23(30)28-26-14-16-13-25-20-7-3-1-5-18(16)20/h1-14,25H,(H,27,29)(H,28,30)/b26-14-. The van der Waals surface area contributed by atoms with Gasteiger partial charge in [0.15, 0.2) is 0 Å². The summed E-state index contributed by atoms with van der Waals surface area (Å²) in [6.45, 7) is 0. The molecule has 0 aliphatic rings. The van der Waals surface area contributed by atoms with Crippen molar-refractivity contribution in [2.24, 2.45) is 5.10 Å². The molecule has 148 valence electrons. The first-order chi connectivity index (χ1) is 14.6. The van der Waals surface area contributed by atoms with Crippen LogP contribution in [0.15, 0.2) is 84.1 Å². The van der Waals surface area contributed by atoms with E-state index in [0.717, 1.165) is 16.5 Å². The van der Waals surface area contributed by atoms with Gasteiger partial charge in [-0.1, -0.05) is 41.9 Å². The minimum Gasteiger partial charge on any atom is -0.361 e. The number of anilines is 1. The molecular weight excluding hydrogens is 400 g/mol. The van der Waals surface area contributed by atoms with Crippen molar-refractivity contribution in [1.29, 1.82) is 0 Å². The summed E-state index contributed by atoms with van der Waals surface area (Å²) >= 11 is 5.86. The first-order valence-electron chi connectivity index (χ1n) is 9.17. The Hall–Kier alpha value is -3.90. The number of hydrazone groups is 1. The molecule has 30 heavy (non-hydrogen) atoms. The number of para-hydroxylation sites is 2. The molecule has 0 atom stereocenters. The largest absolute Gasteiger partial charge is 0.361 e. The number of hydrogen-bond donors (Lipinski definition) is 3. The summed E-state index contributed by atoms with van der Waals surface area (Å²) in [5.74, 6) is -0.771. The molecule has 0 saturated carbocycles. The zero-order valence-corrected chi connectivity index (χ0v) is 16.5. The van der Waals surface area contributed by atoms with E-state index in [2.05, 4.69) is 20.8 Å². The van der Waals surface area contributed by atoms with E-state index in [1.165, 1.54) is 0 Å². The molecule has 3 aromatic carbocycles. The molecule has 0 radical (unpaired) electrons. The highest BCUT2D eigenvalue weighted by Crippen LogP contribution is 2.18. The van der Waals surface area contributed by atoms with Gasteiger partial charge in [0.1, 0.15) is 0 Å². The van der Waals surface area contributed by atoms with E-state index in [1.54, 1.807) is 54.7 Å². The number of benzene rings is 3. The summed E-state index contributed by atoms with van der Waals surface area (Å²) in [7, 11) is 0. The second-order valence-corrected chi connectivity index (χ2v) is 6.93. The van der Waals surface area contributed by atoms with Crippen LogP contribution in [-0.2, 0) is 0 Å². The lowest BCUT2D eigenvalue weighted by molar-refractivity contribution is 0.0956. The van der Waals surface area contributed by atoms with Gasteiger partial charge in [0, 0.05) is 33.2 Å². The van der Waals surface area contributed by atoms with Gasteiger partial charge >= 0.3 is 0 Å². The molecule has 0 saturated heterocycles. The van der Waals surface area contributed by atoms with Gasteiger partial charge in [0.2, 0.25) is 0 Å². The molecule has 0 bridgehead atoms. The lowest BCUT2D eigenvalue weighted by Gasteiger charge is -2.10. The predicted molar refractivity (Wildman–Crippen MR) is 119 cm³/mol. The van der Waals surface area contributed by atoms with Gasteiger partial charge in [-0.15, -0.1) is 0 Å². The lowest BCUT2D eigenvalue weighted by atomic mass is 10.1. The molecule has 2 amide bonds. The number of halogens is 1. The van der Waals surface area contributed by atoms with Crippen LogP contribution < -0.4 is 10.7 Å². The molecule has 0 unspecified atom stereocenters. The Kier molecular flexibility index (Phi) is 5.59. The van der Waals surface area contributed by atoms with Gasteiger partial charge < -0.3 is 10.3 Å². The number of nitrogens with one attached hydrogen (secondary N) is 3. The Morgan fingerprint density at radius 3 is 2.47 bits per heavy atom. The molecule has 1 aromatic heterocycles. The van der Waals surface area contributed by atoms with Crippen LogP contribution in [0.3, 0.4) is 0 Å². The molecule has 7 heteroatoms. The van der Waals surface area contributed by atoms with E-state index >= 15 is 0 Å². The zero-order valence-electron chi connectivity index (χ0n) is 15.7. The first kappa shape index (κ1) is 19.4. The number of amides is 2. The number of aromatic nitrogens is 1. The van der Waals surface area contributed by atoms with Gasteiger partial charge in [-0.05, 0) is 42.5 Å². The molecule has 0 spiro atoms. The highest BCUT2D eigenvalue weighted by molar-refractivity contribution is 6.30. The fraction of sp³-hybridized carbons (Fsp3) is 0. The average Bonchev–Trinajstić information content (AvgIpc) is 3.17. The number of carbonyl (C=O) groups is 2. The number of H-pyrrole nitrogens is 1. The SMILES string of the molecule is O=C(Nc1ccccc1C(=O)N/N=C\c1c[nH]c2ccccc12)c1ccc(Cl)cc1. The Morgan fingerprint density at radius 1 is 0.900 bits per heavy atom. The van der Waals surface area contributed by atoms with E-state index in [-0.39, 0.29) is 5.91 Å². The Bertz CT molecular complexity index is 1250. The van der Waals surface area contributed by atoms with Crippen LogP contribution >= 0.6 is 11.6 Å². The molecule has 0 aliphatic heterocycles. The van der Waals surface area contributed by atoms with Gasteiger partial charge in [-0.3, -0.25) is 9.59 Å². The van der Waals surface area contributed by atoms with Crippen LogP contribution in [0.2, 0.25) is 5.02 Å². The fourth-order valence-electron chi connectivity index (χ4n) is 3.01. The van der Waals surface area contributed by atoms with E-state index < -0.39 is 5.91 Å². The summed E-state index contributed by atoms with van der Waals surface area (Å²) in [5, 5.41) is 8.36. The first-order valence-corrected chi connectivity index (χ1v) is 9.55. The number of fused-ring (bicyclic) bond motifs is 1. The maximum atomic E-state index is 12.6. The van der Waals surface area contributed by atoms with Crippen LogP contribution in [0.4, 0.5) is 5.69 Å². The predicted octanol–water partition coefficient (Wildman–Crippen LogP) is 4.84. The van der Waals surface area contributed by atoms with E-state index in [0.29, 0.717) is 21.8 Å². The number of hydrogen-bond acceptors (Lipinski definition) is 3. The zero-order chi connectivity index (χ0) is 20.9. The summed E-state index contributed by atoms with van der Waals surface area (Å²) in [6.07, 6.45) is 3.40. The molecule has 1 heterocycles. The highest BCUT2D eigenvalue weighted by atomic mass is 35.5. The minimum atomic E-state index is -0.432. The monoisotopic (exact) mass is 416 g/mol. The van der Waals surface area contributed by atoms with Crippen LogP contribution in [0.1, 0.15) is 26.3 Å². The van der Waals surface area contributed by atoms with E-state index in [9.17, 15) is 9.59 Å². The van der Waals surface area contributed by atoms with Crippen molar-refractivity contribution in [2.75, 3.05) is 5.32 Å². The van der Waals surface area contributed by atoms with Crippen molar-refractivity contribution in [3.63, 3.8) is 0 Å². The van der Waals surface area contributed by atoms with Crippen LogP contribution in [0.5, 0.6) is 0 Å². The van der Waals surface area contributed by atoms with Crippen LogP contribution in [0.25, 0.3) is 10.9 Å². The molecule has 0 aliphatic carbocycles. The van der Waals surface area contributed by atoms with E-state index in [4.69, 9.17) is 11.6 Å². The molecule has 3 N–H and O–H groups in total. The second kappa shape index (κ2) is 8.63. The molecule has 6 nitrogen and oxygen atoms in total. The molecular formula is C23H17ClN4O2. The average molecular weight is 417 g/mol. The topological polar surface area (TPSA) is 86.3 Å². The Balaban J connectivity index is 1.48. The third-order valence-electron chi connectivity index (χ3n) is 4.52. The van der Waals surface area contributed by atoms with Gasteiger partial charge in [-0.2, -0.15) is 5.10 Å². The van der Waals surface area contributed by atoms with Crippen LogP contribution in [-0.4, -0.2) is 23.0 Å². The third kappa shape index (κ3) is 4.24. The number of carbonyl (C=O) groups excluding carboxylic acids is 2. The van der Waals surface area contributed by atoms with Crippen LogP contribution in [0, 0.1) is 0 Å². The maximum Gasteiger partial charge on any atom is 0.273 e. The van der Waals surface area contributed by atoms with Gasteiger partial charge in [0.05, 0.1) is 17.5 Å². The number of aromatic amines is 1. The smallest absolute Gasteiger partial charge is 0.273 e. The van der Waals surface area contributed by atoms with Crippen molar-refractivity contribution in [1.82, 2.24) is 10.4 Å². The maximum absolute atomic E-state index is 12.6. The van der Waals surface area contributed by atoms with Crippen molar-refractivity contribution in [3.05, 3.63) is 101 Å². The van der Waals surface area contributed by atoms with Gasteiger partial charge in [-0.25, -0.2) is 5.43 Å². The van der Waals surface area contributed by atoms with Crippen molar-refractivity contribution < 1.29 is 9.59 Å². The quantitative estimate of drug-likeness (QED) is 0.321. The van der Waals surface area contributed by atoms with Crippen molar-refractivity contribution >= 4 is 46.2 Å².